The van der Waals surface area contributed by atoms with Gasteiger partial charge in [-0.1, -0.05) is 270 Å². The molecule has 80 heavy (non-hydrogen) atoms. The van der Waals surface area contributed by atoms with Crippen LogP contribution < -0.4 is 0 Å². The Labute approximate surface area is 470 Å². The Kier molecular flexibility index (Phi) is 9.97. The first-order valence-electron chi connectivity index (χ1n) is 28.5. The Morgan fingerprint density at radius 3 is 0.637 bits per heavy atom. The van der Waals surface area contributed by atoms with Crippen molar-refractivity contribution in [1.29, 1.82) is 0 Å². The largest absolute Gasteiger partial charge is 0.0713 e. The first kappa shape index (κ1) is 46.7. The lowest BCUT2D eigenvalue weighted by atomic mass is 9.67. The van der Waals surface area contributed by atoms with Gasteiger partial charge in [0.25, 0.3) is 0 Å². The minimum Gasteiger partial charge on any atom is -0.0622 e. The van der Waals surface area contributed by atoms with Crippen LogP contribution in [0.15, 0.2) is 279 Å². The summed E-state index contributed by atoms with van der Waals surface area (Å²) < 4.78 is 0. The van der Waals surface area contributed by atoms with Gasteiger partial charge in [0, 0.05) is 10.8 Å². The van der Waals surface area contributed by atoms with Crippen LogP contribution in [0.25, 0.3) is 77.9 Å². The van der Waals surface area contributed by atoms with Crippen molar-refractivity contribution in [3.05, 3.63) is 346 Å². The third-order valence-electron chi connectivity index (χ3n) is 19.3. The zero-order valence-corrected chi connectivity index (χ0v) is 45.6. The van der Waals surface area contributed by atoms with Gasteiger partial charge in [0.15, 0.2) is 0 Å². The van der Waals surface area contributed by atoms with Crippen LogP contribution in [-0.4, -0.2) is 0 Å². The van der Waals surface area contributed by atoms with E-state index in [9.17, 15) is 0 Å². The monoisotopic (exact) mass is 1020 g/mol. The second kappa shape index (κ2) is 17.1. The van der Waals surface area contributed by atoms with Gasteiger partial charge < -0.3 is 0 Å². The fraction of sp³-hybridized carbons (Fsp3) is 0.100. The number of hydrogen-bond acceptors (Lipinski definition) is 0. The molecule has 0 amide bonds. The van der Waals surface area contributed by atoms with Gasteiger partial charge in [-0.15, -0.1) is 0 Å². The number of benzene rings is 12. The molecule has 0 aliphatic heterocycles. The van der Waals surface area contributed by atoms with E-state index in [-0.39, 0.29) is 10.8 Å². The number of hydrogen-bond donors (Lipinski definition) is 0. The number of rotatable bonds is 7. The lowest BCUT2D eigenvalue weighted by molar-refractivity contribution is 0.660. The molecule has 0 atom stereocenters. The van der Waals surface area contributed by atoms with E-state index in [0.717, 1.165) is 0 Å². The molecule has 0 bridgehead atoms. The predicted molar refractivity (Wildman–Crippen MR) is 332 cm³/mol. The molecule has 0 heteroatoms. The molecule has 0 spiro atoms. The van der Waals surface area contributed by atoms with Crippen molar-refractivity contribution in [2.24, 2.45) is 0 Å². The molecule has 0 heterocycles. The molecule has 4 aliphatic rings. The van der Waals surface area contributed by atoms with Crippen LogP contribution >= 0.6 is 0 Å². The Morgan fingerprint density at radius 2 is 0.375 bits per heavy atom. The second-order valence-electron chi connectivity index (χ2n) is 23.9. The molecule has 12 aromatic rings. The summed E-state index contributed by atoms with van der Waals surface area (Å²) >= 11 is 0. The molecule has 16 rings (SSSR count). The lowest BCUT2D eigenvalue weighted by Crippen LogP contribution is -2.28. The summed E-state index contributed by atoms with van der Waals surface area (Å²) in [5.41, 5.74) is 32.8. The molecular weight excluding hydrogens is 961 g/mol. The topological polar surface area (TPSA) is 0 Å². The summed E-state index contributed by atoms with van der Waals surface area (Å²) in [6.45, 7) is 9.68. The van der Waals surface area contributed by atoms with Crippen molar-refractivity contribution in [3.8, 4) is 77.9 Å². The van der Waals surface area contributed by atoms with Crippen molar-refractivity contribution in [3.63, 3.8) is 0 Å². The maximum atomic E-state index is 2.49. The van der Waals surface area contributed by atoms with E-state index < -0.39 is 10.8 Å². The van der Waals surface area contributed by atoms with Crippen molar-refractivity contribution in [1.82, 2.24) is 0 Å². The zero-order valence-electron chi connectivity index (χ0n) is 45.6. The molecule has 0 fully saturated rings. The highest BCUT2D eigenvalue weighted by Crippen LogP contribution is 2.60. The molecule has 0 unspecified atom stereocenters. The summed E-state index contributed by atoms with van der Waals surface area (Å²) in [6.07, 6.45) is 0. The highest BCUT2D eigenvalue weighted by Gasteiger charge is 2.48. The summed E-state index contributed by atoms with van der Waals surface area (Å²) in [7, 11) is 0. The normalized spacial score (nSPS) is 15.4. The van der Waals surface area contributed by atoms with Gasteiger partial charge in [0.2, 0.25) is 0 Å². The Hall–Kier alpha value is -9.36. The SMILES string of the molecule is CC1(C)c2cc(-c3ccc4c(c3)C(C)(C)c3cc(-c5ccc6c(c5)C(c5ccccc5)(c5ccccc5)c5ccccc5-6)ccc3-4)ccc2-c2ccc(-c3ccc4c(c3)C(c3ccccc3)(c3ccccc3)c3ccccc3-4)cc21. The second-order valence-corrected chi connectivity index (χ2v) is 23.9. The average Bonchev–Trinajstić information content (AvgIpc) is 4.29. The van der Waals surface area contributed by atoms with E-state index in [2.05, 4.69) is 307 Å². The standard InChI is InChI=1S/C80H58/c1-77(2)71-45-51(33-39-63(71)65-41-35-53(47-73(65)77)55-37-43-67-61-29-17-19-31-69(61)79(75(67)49-55,57-21-9-5-10-22-57)58-23-11-6-12-24-58)52-34-40-64-66-42-36-54(48-74(66)78(3,4)72(64)46-52)56-38-44-68-62-30-18-20-32-70(62)80(76(68)50-56,59-25-13-7-14-26-59)60-27-15-8-16-28-60/h5-50H,1-4H3. The van der Waals surface area contributed by atoms with Gasteiger partial charge in [-0.3, -0.25) is 0 Å². The summed E-state index contributed by atoms with van der Waals surface area (Å²) in [6, 6.07) is 106. The van der Waals surface area contributed by atoms with E-state index in [0.29, 0.717) is 0 Å². The van der Waals surface area contributed by atoms with E-state index in [4.69, 9.17) is 0 Å². The van der Waals surface area contributed by atoms with Crippen molar-refractivity contribution < 1.29 is 0 Å². The quantitative estimate of drug-likeness (QED) is 0.149. The molecule has 378 valence electrons. The number of fused-ring (bicyclic) bond motifs is 12. The fourth-order valence-electron chi connectivity index (χ4n) is 15.4. The van der Waals surface area contributed by atoms with Gasteiger partial charge in [-0.05, 0) is 181 Å². The van der Waals surface area contributed by atoms with Crippen LogP contribution in [0, 0.1) is 0 Å². The maximum Gasteiger partial charge on any atom is 0.0713 e. The lowest BCUT2D eigenvalue weighted by Gasteiger charge is -2.34. The van der Waals surface area contributed by atoms with Crippen LogP contribution in [0.2, 0.25) is 0 Å². The third kappa shape index (κ3) is 6.34. The van der Waals surface area contributed by atoms with Crippen molar-refractivity contribution >= 4 is 0 Å². The first-order valence-corrected chi connectivity index (χ1v) is 28.5. The Balaban J connectivity index is 0.736. The van der Waals surface area contributed by atoms with Gasteiger partial charge in [-0.2, -0.15) is 0 Å². The Morgan fingerprint density at radius 1 is 0.175 bits per heavy atom. The van der Waals surface area contributed by atoms with Gasteiger partial charge in [-0.25, -0.2) is 0 Å². The minimum absolute atomic E-state index is 0.202. The molecule has 0 aromatic heterocycles. The molecule has 0 radical (unpaired) electrons. The van der Waals surface area contributed by atoms with E-state index in [1.54, 1.807) is 0 Å². The molecular formula is C80H58. The van der Waals surface area contributed by atoms with E-state index in [1.165, 1.54) is 145 Å². The summed E-state index contributed by atoms with van der Waals surface area (Å²) in [4.78, 5) is 0. The smallest absolute Gasteiger partial charge is 0.0622 e. The van der Waals surface area contributed by atoms with Crippen LogP contribution in [0.3, 0.4) is 0 Å². The zero-order chi connectivity index (χ0) is 53.5. The third-order valence-corrected chi connectivity index (χ3v) is 19.3. The van der Waals surface area contributed by atoms with Crippen LogP contribution in [0.4, 0.5) is 0 Å². The fourth-order valence-corrected chi connectivity index (χ4v) is 15.4. The first-order chi connectivity index (χ1) is 39.2. The molecule has 0 saturated heterocycles. The van der Waals surface area contributed by atoms with Crippen LogP contribution in [0.1, 0.15) is 94.5 Å². The Bertz CT molecular complexity index is 4130. The predicted octanol–water partition coefficient (Wildman–Crippen LogP) is 20.0. The van der Waals surface area contributed by atoms with E-state index >= 15 is 0 Å². The highest BCUT2D eigenvalue weighted by atomic mass is 14.5. The summed E-state index contributed by atoms with van der Waals surface area (Å²) in [5.74, 6) is 0. The van der Waals surface area contributed by atoms with Crippen molar-refractivity contribution in [2.45, 2.75) is 49.4 Å². The van der Waals surface area contributed by atoms with E-state index in [1.807, 2.05) is 0 Å². The molecule has 0 saturated carbocycles. The van der Waals surface area contributed by atoms with Crippen LogP contribution in [0.5, 0.6) is 0 Å². The van der Waals surface area contributed by atoms with Crippen molar-refractivity contribution in [2.75, 3.05) is 0 Å². The average molecular weight is 1020 g/mol. The van der Waals surface area contributed by atoms with Crippen LogP contribution in [-0.2, 0) is 21.7 Å². The molecule has 12 aromatic carbocycles. The molecule has 0 nitrogen and oxygen atoms in total. The highest BCUT2D eigenvalue weighted by molar-refractivity contribution is 5.93. The minimum atomic E-state index is -0.442. The molecule has 0 N–H and O–H groups in total. The van der Waals surface area contributed by atoms with Gasteiger partial charge in [0.1, 0.15) is 0 Å². The maximum absolute atomic E-state index is 2.49. The molecule has 4 aliphatic carbocycles. The summed E-state index contributed by atoms with van der Waals surface area (Å²) in [5, 5.41) is 0. The van der Waals surface area contributed by atoms with Gasteiger partial charge in [0.05, 0.1) is 10.8 Å². The van der Waals surface area contributed by atoms with Gasteiger partial charge >= 0.3 is 0 Å².